The number of hydrogen-bond donors (Lipinski definition) is 0. The van der Waals surface area contributed by atoms with Crippen molar-refractivity contribution in [3.05, 3.63) is 41.5 Å². The first-order chi connectivity index (χ1) is 15.7. The SMILES string of the molecule is CCC(CC)C(=O)OC(C)(C)COc1c(-c2ccc3c(c2)COC3=O)ccc(OC)c1OC. The van der Waals surface area contributed by atoms with Gasteiger partial charge in [-0.05, 0) is 56.5 Å². The van der Waals surface area contributed by atoms with E-state index < -0.39 is 5.60 Å². The quantitative estimate of drug-likeness (QED) is 0.456. The zero-order valence-corrected chi connectivity index (χ0v) is 20.2. The van der Waals surface area contributed by atoms with Gasteiger partial charge in [0, 0.05) is 11.1 Å². The number of fused-ring (bicyclic) bond motifs is 1. The van der Waals surface area contributed by atoms with Gasteiger partial charge in [0.1, 0.15) is 18.8 Å². The first-order valence-electron chi connectivity index (χ1n) is 11.2. The fraction of sp³-hybridized carbons (Fsp3) is 0.462. The van der Waals surface area contributed by atoms with Crippen LogP contribution in [0.15, 0.2) is 30.3 Å². The predicted octanol–water partition coefficient (Wildman–Crippen LogP) is 5.18. The Labute approximate surface area is 194 Å². The summed E-state index contributed by atoms with van der Waals surface area (Å²) in [6, 6.07) is 9.18. The minimum atomic E-state index is -0.858. The van der Waals surface area contributed by atoms with Crippen LogP contribution in [0.2, 0.25) is 0 Å². The Bertz CT molecular complexity index is 1020. The van der Waals surface area contributed by atoms with Crippen LogP contribution in [-0.2, 0) is 20.9 Å². The smallest absolute Gasteiger partial charge is 0.338 e. The molecule has 0 saturated heterocycles. The lowest BCUT2D eigenvalue weighted by Gasteiger charge is -2.28. The van der Waals surface area contributed by atoms with Crippen LogP contribution in [0, 0.1) is 5.92 Å². The van der Waals surface area contributed by atoms with Crippen molar-refractivity contribution in [2.45, 2.75) is 52.7 Å². The molecule has 0 aliphatic carbocycles. The van der Waals surface area contributed by atoms with Crippen LogP contribution >= 0.6 is 0 Å². The molecule has 0 amide bonds. The average Bonchev–Trinajstić information content (AvgIpc) is 3.17. The molecule has 0 spiro atoms. The maximum Gasteiger partial charge on any atom is 0.338 e. The fourth-order valence-corrected chi connectivity index (χ4v) is 3.82. The van der Waals surface area contributed by atoms with Crippen LogP contribution in [0.3, 0.4) is 0 Å². The summed E-state index contributed by atoms with van der Waals surface area (Å²) in [6.07, 6.45) is 1.45. The molecule has 33 heavy (non-hydrogen) atoms. The summed E-state index contributed by atoms with van der Waals surface area (Å²) < 4.78 is 28.2. The molecule has 0 atom stereocenters. The largest absolute Gasteiger partial charge is 0.493 e. The number of carbonyl (C=O) groups is 2. The van der Waals surface area contributed by atoms with E-state index >= 15 is 0 Å². The minimum Gasteiger partial charge on any atom is -0.493 e. The van der Waals surface area contributed by atoms with Gasteiger partial charge in [0.15, 0.2) is 11.5 Å². The van der Waals surface area contributed by atoms with E-state index in [9.17, 15) is 9.59 Å². The Morgan fingerprint density at radius 2 is 1.73 bits per heavy atom. The van der Waals surface area contributed by atoms with E-state index in [2.05, 4.69) is 0 Å². The van der Waals surface area contributed by atoms with Gasteiger partial charge in [-0.3, -0.25) is 4.79 Å². The second kappa shape index (κ2) is 10.1. The van der Waals surface area contributed by atoms with Gasteiger partial charge < -0.3 is 23.7 Å². The molecule has 1 heterocycles. The molecular weight excluding hydrogens is 424 g/mol. The highest BCUT2D eigenvalue weighted by atomic mass is 16.6. The lowest BCUT2D eigenvalue weighted by atomic mass is 9.99. The lowest BCUT2D eigenvalue weighted by molar-refractivity contribution is -0.164. The van der Waals surface area contributed by atoms with E-state index in [1.54, 1.807) is 26.4 Å². The van der Waals surface area contributed by atoms with Crippen molar-refractivity contribution in [3.8, 4) is 28.4 Å². The Kier molecular flexibility index (Phi) is 7.51. The predicted molar refractivity (Wildman–Crippen MR) is 124 cm³/mol. The number of rotatable bonds is 10. The molecule has 0 radical (unpaired) electrons. The molecule has 7 heteroatoms. The van der Waals surface area contributed by atoms with Crippen molar-refractivity contribution in [1.82, 2.24) is 0 Å². The molecule has 0 aromatic heterocycles. The molecule has 1 aliphatic heterocycles. The van der Waals surface area contributed by atoms with Crippen LogP contribution in [0.25, 0.3) is 11.1 Å². The standard InChI is InChI=1S/C26H32O7/c1-7-16(8-2)24(27)33-26(3,4)15-32-22-19(11-12-21(29-5)23(22)30-6)17-9-10-20-18(13-17)14-31-25(20)28/h9-13,16H,7-8,14-15H2,1-6H3. The lowest BCUT2D eigenvalue weighted by Crippen LogP contribution is -2.37. The van der Waals surface area contributed by atoms with Crippen molar-refractivity contribution in [2.24, 2.45) is 5.92 Å². The summed E-state index contributed by atoms with van der Waals surface area (Å²) in [5.74, 6) is 0.736. The Balaban J connectivity index is 1.93. The highest BCUT2D eigenvalue weighted by molar-refractivity contribution is 5.94. The van der Waals surface area contributed by atoms with E-state index in [1.807, 2.05) is 45.9 Å². The number of hydrogen-bond acceptors (Lipinski definition) is 7. The maximum atomic E-state index is 12.5. The molecule has 2 aromatic rings. The molecular formula is C26H32O7. The Morgan fingerprint density at radius 3 is 2.36 bits per heavy atom. The summed E-state index contributed by atoms with van der Waals surface area (Å²) in [4.78, 5) is 24.3. The van der Waals surface area contributed by atoms with Crippen LogP contribution in [0.4, 0.5) is 0 Å². The first kappa shape index (κ1) is 24.4. The maximum absolute atomic E-state index is 12.5. The van der Waals surface area contributed by atoms with Crippen molar-refractivity contribution in [2.75, 3.05) is 20.8 Å². The van der Waals surface area contributed by atoms with E-state index in [0.717, 1.165) is 29.5 Å². The highest BCUT2D eigenvalue weighted by Crippen LogP contribution is 2.45. The van der Waals surface area contributed by atoms with E-state index in [0.29, 0.717) is 22.8 Å². The number of carbonyl (C=O) groups excluding carboxylic acids is 2. The van der Waals surface area contributed by atoms with Crippen molar-refractivity contribution >= 4 is 11.9 Å². The molecule has 1 aliphatic rings. The van der Waals surface area contributed by atoms with Gasteiger partial charge in [0.05, 0.1) is 25.7 Å². The van der Waals surface area contributed by atoms with Gasteiger partial charge in [-0.15, -0.1) is 0 Å². The monoisotopic (exact) mass is 456 g/mol. The van der Waals surface area contributed by atoms with Gasteiger partial charge in [-0.25, -0.2) is 4.79 Å². The van der Waals surface area contributed by atoms with Gasteiger partial charge in [-0.2, -0.15) is 0 Å². The second-order valence-electron chi connectivity index (χ2n) is 8.61. The normalized spacial score (nSPS) is 12.9. The summed E-state index contributed by atoms with van der Waals surface area (Å²) in [7, 11) is 3.10. The number of ether oxygens (including phenoxy) is 5. The van der Waals surface area contributed by atoms with E-state index in [-0.39, 0.29) is 31.1 Å². The molecule has 0 N–H and O–H groups in total. The van der Waals surface area contributed by atoms with Gasteiger partial charge in [0.25, 0.3) is 0 Å². The molecule has 0 saturated carbocycles. The summed E-state index contributed by atoms with van der Waals surface area (Å²) >= 11 is 0. The minimum absolute atomic E-state index is 0.113. The van der Waals surface area contributed by atoms with Gasteiger partial charge in [-0.1, -0.05) is 19.9 Å². The second-order valence-corrected chi connectivity index (χ2v) is 8.61. The van der Waals surface area contributed by atoms with Gasteiger partial charge >= 0.3 is 11.9 Å². The van der Waals surface area contributed by atoms with Crippen LogP contribution < -0.4 is 14.2 Å². The summed E-state index contributed by atoms with van der Waals surface area (Å²) in [5, 5.41) is 0. The topological polar surface area (TPSA) is 80.3 Å². The number of methoxy groups -OCH3 is 2. The van der Waals surface area contributed by atoms with Crippen LogP contribution in [-0.4, -0.2) is 38.4 Å². The van der Waals surface area contributed by atoms with Gasteiger partial charge in [0.2, 0.25) is 5.75 Å². The van der Waals surface area contributed by atoms with E-state index in [4.69, 9.17) is 23.7 Å². The molecule has 0 fully saturated rings. The highest BCUT2D eigenvalue weighted by Gasteiger charge is 2.29. The van der Waals surface area contributed by atoms with E-state index in [1.165, 1.54) is 0 Å². The van der Waals surface area contributed by atoms with Crippen LogP contribution in [0.1, 0.15) is 56.5 Å². The Morgan fingerprint density at radius 1 is 1.03 bits per heavy atom. The summed E-state index contributed by atoms with van der Waals surface area (Å²) in [5.41, 5.74) is 2.13. The average molecular weight is 457 g/mol. The molecule has 0 unspecified atom stereocenters. The Hall–Kier alpha value is -3.22. The number of esters is 2. The zero-order chi connectivity index (χ0) is 24.2. The third-order valence-corrected chi connectivity index (χ3v) is 5.75. The zero-order valence-electron chi connectivity index (χ0n) is 20.2. The third kappa shape index (κ3) is 5.24. The molecule has 0 bridgehead atoms. The van der Waals surface area contributed by atoms with Crippen LogP contribution in [0.5, 0.6) is 17.2 Å². The molecule has 7 nitrogen and oxygen atoms in total. The van der Waals surface area contributed by atoms with Crippen molar-refractivity contribution < 1.29 is 33.3 Å². The first-order valence-corrected chi connectivity index (χ1v) is 11.2. The third-order valence-electron chi connectivity index (χ3n) is 5.75. The molecule has 2 aromatic carbocycles. The molecule has 3 rings (SSSR count). The summed E-state index contributed by atoms with van der Waals surface area (Å²) in [6.45, 7) is 7.94. The number of cyclic esters (lactones) is 1. The number of benzene rings is 2. The molecule has 178 valence electrons. The van der Waals surface area contributed by atoms with Crippen molar-refractivity contribution in [1.29, 1.82) is 0 Å². The fourth-order valence-electron chi connectivity index (χ4n) is 3.82. The van der Waals surface area contributed by atoms with Crippen molar-refractivity contribution in [3.63, 3.8) is 0 Å².